The molecule has 0 radical (unpaired) electrons. The molecule has 3 rings (SSSR count). The maximum absolute atomic E-state index is 12.3. The zero-order valence-corrected chi connectivity index (χ0v) is 18.4. The van der Waals surface area contributed by atoms with Crippen LogP contribution in [0.5, 0.6) is 0 Å². The number of nitrogens with zero attached hydrogens (tertiary/aromatic N) is 5. The van der Waals surface area contributed by atoms with E-state index in [1.807, 2.05) is 19.1 Å². The molecule has 0 spiro atoms. The molecule has 2 heterocycles. The minimum Gasteiger partial charge on any atom is -0.378 e. The average molecular weight is 440 g/mol. The van der Waals surface area contributed by atoms with Gasteiger partial charge in [0.1, 0.15) is 0 Å². The number of thioether (sulfide) groups is 1. The van der Waals surface area contributed by atoms with Gasteiger partial charge in [0.05, 0.1) is 37.5 Å². The molecule has 0 unspecified atom stereocenters. The van der Waals surface area contributed by atoms with Gasteiger partial charge in [-0.15, -0.1) is 10.2 Å². The van der Waals surface area contributed by atoms with E-state index in [4.69, 9.17) is 4.74 Å². The summed E-state index contributed by atoms with van der Waals surface area (Å²) < 4.78 is 32.9. The van der Waals surface area contributed by atoms with Crippen molar-refractivity contribution in [2.75, 3.05) is 42.6 Å². The zero-order chi connectivity index (χ0) is 21.0. The first-order valence-electron chi connectivity index (χ1n) is 9.16. The Morgan fingerprint density at radius 1 is 1.21 bits per heavy atom. The van der Waals surface area contributed by atoms with E-state index in [0.29, 0.717) is 43.0 Å². The number of ether oxygens (including phenoxy) is 1. The third kappa shape index (κ3) is 5.49. The molecule has 0 aliphatic carbocycles. The molecule has 2 aromatic rings. The lowest BCUT2D eigenvalue weighted by molar-refractivity contribution is -0.132. The van der Waals surface area contributed by atoms with Gasteiger partial charge in [-0.3, -0.25) is 9.10 Å². The van der Waals surface area contributed by atoms with Crippen molar-refractivity contribution in [2.45, 2.75) is 18.6 Å². The Labute approximate surface area is 175 Å². The molecule has 1 aliphatic rings. The number of carbonyl (C=O) groups excluding carboxylic acids is 1. The fourth-order valence-corrected chi connectivity index (χ4v) is 4.57. The number of anilines is 1. The van der Waals surface area contributed by atoms with Gasteiger partial charge >= 0.3 is 0 Å². The van der Waals surface area contributed by atoms with Crippen molar-refractivity contribution in [3.63, 3.8) is 0 Å². The van der Waals surface area contributed by atoms with Crippen LogP contribution < -0.4 is 4.31 Å². The highest BCUT2D eigenvalue weighted by atomic mass is 32.2. The van der Waals surface area contributed by atoms with Crippen LogP contribution in [0.25, 0.3) is 0 Å². The van der Waals surface area contributed by atoms with Crippen LogP contribution in [0.4, 0.5) is 5.69 Å². The fraction of sp³-hybridized carbons (Fsp3) is 0.500. The Balaban J connectivity index is 1.70. The van der Waals surface area contributed by atoms with Crippen LogP contribution in [0, 0.1) is 6.92 Å². The van der Waals surface area contributed by atoms with Gasteiger partial charge in [0, 0.05) is 20.1 Å². The lowest BCUT2D eigenvalue weighted by Gasteiger charge is -2.26. The van der Waals surface area contributed by atoms with Gasteiger partial charge < -0.3 is 14.2 Å². The predicted octanol–water partition coefficient (Wildman–Crippen LogP) is 1.04. The summed E-state index contributed by atoms with van der Waals surface area (Å²) in [7, 11) is -1.73. The predicted molar refractivity (Wildman–Crippen MR) is 111 cm³/mol. The summed E-state index contributed by atoms with van der Waals surface area (Å²) in [5, 5.41) is 8.85. The van der Waals surface area contributed by atoms with E-state index in [1.165, 1.54) is 22.3 Å². The molecule has 1 saturated heterocycles. The molecule has 0 atom stereocenters. The highest BCUT2D eigenvalue weighted by Gasteiger charge is 2.22. The molecule has 1 aromatic carbocycles. The van der Waals surface area contributed by atoms with Gasteiger partial charge in [0.15, 0.2) is 11.0 Å². The molecule has 1 aliphatic heterocycles. The Bertz CT molecular complexity index is 953. The van der Waals surface area contributed by atoms with Crippen LogP contribution in [-0.4, -0.2) is 72.3 Å². The third-order valence-electron chi connectivity index (χ3n) is 4.62. The molecular weight excluding hydrogens is 414 g/mol. The first kappa shape index (κ1) is 21.6. The molecule has 0 bridgehead atoms. The summed E-state index contributed by atoms with van der Waals surface area (Å²) >= 11 is 1.29. The van der Waals surface area contributed by atoms with Gasteiger partial charge in [-0.25, -0.2) is 8.42 Å². The fourth-order valence-electron chi connectivity index (χ4n) is 2.88. The first-order chi connectivity index (χ1) is 13.8. The highest BCUT2D eigenvalue weighted by molar-refractivity contribution is 7.99. The number of sulfonamides is 1. The molecule has 1 fully saturated rings. The Morgan fingerprint density at radius 3 is 2.48 bits per heavy atom. The lowest BCUT2D eigenvalue weighted by atomic mass is 10.2. The van der Waals surface area contributed by atoms with Crippen LogP contribution >= 0.6 is 11.8 Å². The van der Waals surface area contributed by atoms with Crippen molar-refractivity contribution in [1.29, 1.82) is 0 Å². The number of aromatic nitrogens is 3. The van der Waals surface area contributed by atoms with Crippen molar-refractivity contribution in [2.24, 2.45) is 7.05 Å². The maximum Gasteiger partial charge on any atom is 0.233 e. The number of benzene rings is 1. The molecule has 29 heavy (non-hydrogen) atoms. The van der Waals surface area contributed by atoms with Crippen LogP contribution in [-0.2, 0) is 33.1 Å². The maximum atomic E-state index is 12.3. The second kappa shape index (κ2) is 9.14. The minimum atomic E-state index is -3.50. The van der Waals surface area contributed by atoms with Crippen LogP contribution in [0.15, 0.2) is 29.4 Å². The average Bonchev–Trinajstić information content (AvgIpc) is 3.04. The molecule has 158 valence electrons. The second-order valence-electron chi connectivity index (χ2n) is 6.84. The summed E-state index contributed by atoms with van der Waals surface area (Å²) in [6.07, 6.45) is 1.17. The Morgan fingerprint density at radius 2 is 1.86 bits per heavy atom. The van der Waals surface area contributed by atoms with Gasteiger partial charge in [-0.05, 0) is 19.1 Å². The smallest absolute Gasteiger partial charge is 0.233 e. The summed E-state index contributed by atoms with van der Waals surface area (Å²) in [4.78, 5) is 14.1. The van der Waals surface area contributed by atoms with Crippen molar-refractivity contribution >= 4 is 33.4 Å². The quantitative estimate of drug-likeness (QED) is 0.595. The monoisotopic (exact) mass is 439 g/mol. The number of carbonyl (C=O) groups is 1. The van der Waals surface area contributed by atoms with E-state index in [-0.39, 0.29) is 18.2 Å². The summed E-state index contributed by atoms with van der Waals surface area (Å²) in [5.74, 6) is 0.775. The minimum absolute atomic E-state index is 0.0280. The summed E-state index contributed by atoms with van der Waals surface area (Å²) in [6, 6.07) is 7.26. The number of morpholine rings is 1. The van der Waals surface area contributed by atoms with Gasteiger partial charge in [0.2, 0.25) is 15.9 Å². The van der Waals surface area contributed by atoms with E-state index >= 15 is 0 Å². The number of rotatable bonds is 7. The van der Waals surface area contributed by atoms with E-state index < -0.39 is 10.0 Å². The van der Waals surface area contributed by atoms with Gasteiger partial charge in [-0.1, -0.05) is 29.5 Å². The van der Waals surface area contributed by atoms with Crippen molar-refractivity contribution in [3.05, 3.63) is 35.7 Å². The topological polar surface area (TPSA) is 97.6 Å². The summed E-state index contributed by atoms with van der Waals surface area (Å²) in [6.45, 7) is 4.32. The first-order valence-corrected chi connectivity index (χ1v) is 12.0. The van der Waals surface area contributed by atoms with Gasteiger partial charge in [0.25, 0.3) is 0 Å². The standard InChI is InChI=1S/C18H25N5O4S2/c1-14-4-6-15(7-5-14)23(29(3,25)26)12-16-19-20-18(21(16)2)28-13-17(24)22-8-10-27-11-9-22/h4-7H,8-13H2,1-3H3. The lowest BCUT2D eigenvalue weighted by Crippen LogP contribution is -2.41. The molecule has 9 nitrogen and oxygen atoms in total. The normalized spacial score (nSPS) is 14.8. The Hall–Kier alpha value is -2.11. The van der Waals surface area contributed by atoms with Crippen LogP contribution in [0.3, 0.4) is 0 Å². The van der Waals surface area contributed by atoms with Crippen LogP contribution in [0.1, 0.15) is 11.4 Å². The highest BCUT2D eigenvalue weighted by Crippen LogP contribution is 2.22. The molecule has 1 aromatic heterocycles. The third-order valence-corrected chi connectivity index (χ3v) is 6.77. The van der Waals surface area contributed by atoms with E-state index in [0.717, 1.165) is 5.56 Å². The summed E-state index contributed by atoms with van der Waals surface area (Å²) in [5.41, 5.74) is 1.61. The van der Waals surface area contributed by atoms with Crippen molar-refractivity contribution in [3.8, 4) is 0 Å². The SMILES string of the molecule is Cc1ccc(N(Cc2nnc(SCC(=O)N3CCOCC3)n2C)S(C)(=O)=O)cc1. The van der Waals surface area contributed by atoms with E-state index in [2.05, 4.69) is 10.2 Å². The van der Waals surface area contributed by atoms with Crippen molar-refractivity contribution < 1.29 is 17.9 Å². The molecule has 1 amide bonds. The number of aryl methyl sites for hydroxylation is 1. The largest absolute Gasteiger partial charge is 0.378 e. The zero-order valence-electron chi connectivity index (χ0n) is 16.7. The second-order valence-corrected chi connectivity index (χ2v) is 9.69. The van der Waals surface area contributed by atoms with Gasteiger partial charge in [-0.2, -0.15) is 0 Å². The number of hydrogen-bond acceptors (Lipinski definition) is 7. The molecule has 0 N–H and O–H groups in total. The van der Waals surface area contributed by atoms with Crippen molar-refractivity contribution in [1.82, 2.24) is 19.7 Å². The molecular formula is C18H25N5O4S2. The Kier molecular flexibility index (Phi) is 6.81. The van der Waals surface area contributed by atoms with E-state index in [1.54, 1.807) is 28.6 Å². The number of amides is 1. The van der Waals surface area contributed by atoms with E-state index in [9.17, 15) is 13.2 Å². The molecule has 0 saturated carbocycles. The number of hydrogen-bond donors (Lipinski definition) is 0. The molecule has 11 heteroatoms. The van der Waals surface area contributed by atoms with Crippen LogP contribution in [0.2, 0.25) is 0 Å².